The van der Waals surface area contributed by atoms with Crippen LogP contribution in [0, 0.1) is 0 Å². The fourth-order valence-electron chi connectivity index (χ4n) is 0.550. The Morgan fingerprint density at radius 1 is 1.86 bits per heavy atom. The summed E-state index contributed by atoms with van der Waals surface area (Å²) in [5.41, 5.74) is 6.59. The van der Waals surface area contributed by atoms with Crippen molar-refractivity contribution in [3.63, 3.8) is 0 Å². The molecule has 0 rings (SSSR count). The maximum absolute atomic E-state index is 5.43. The van der Waals surface area contributed by atoms with Crippen molar-refractivity contribution in [2.24, 2.45) is 5.73 Å². The van der Waals surface area contributed by atoms with Gasteiger partial charge in [-0.3, -0.25) is 0 Å². The van der Waals surface area contributed by atoms with Gasteiger partial charge < -0.3 is 5.73 Å². The fraction of sp³-hybridized carbons (Fsp3) is 0.667. The summed E-state index contributed by atoms with van der Waals surface area (Å²) in [5.74, 6) is 0. The van der Waals surface area contributed by atoms with Crippen LogP contribution in [0.2, 0.25) is 0 Å². The molecule has 0 saturated carbocycles. The van der Waals surface area contributed by atoms with Gasteiger partial charge in [0.15, 0.2) is 0 Å². The molecule has 1 atom stereocenters. The molecule has 0 aromatic rings. The van der Waals surface area contributed by atoms with E-state index in [2.05, 4.69) is 6.58 Å². The van der Waals surface area contributed by atoms with Gasteiger partial charge in [0.25, 0.3) is 0 Å². The van der Waals surface area contributed by atoms with Crippen molar-refractivity contribution in [3.8, 4) is 0 Å². The van der Waals surface area contributed by atoms with Crippen LogP contribution in [0.25, 0.3) is 0 Å². The van der Waals surface area contributed by atoms with Crippen molar-refractivity contribution in [1.29, 1.82) is 0 Å². The second-order valence-electron chi connectivity index (χ2n) is 2.14. The summed E-state index contributed by atoms with van der Waals surface area (Å²) in [6.45, 7) is 7.69. The van der Waals surface area contributed by atoms with Gasteiger partial charge >= 0.3 is 0 Å². The van der Waals surface area contributed by atoms with Gasteiger partial charge in [0.1, 0.15) is 0 Å². The predicted octanol–water partition coefficient (Wildman–Crippen LogP) is 1.30. The van der Waals surface area contributed by atoms with Crippen LogP contribution >= 0.6 is 0 Å². The Morgan fingerprint density at radius 3 is 2.29 bits per heavy atom. The van der Waals surface area contributed by atoms with E-state index in [1.165, 1.54) is 0 Å². The monoisotopic (exact) mass is 99.1 g/mol. The first kappa shape index (κ1) is 6.70. The van der Waals surface area contributed by atoms with Crippen molar-refractivity contribution >= 4 is 0 Å². The third-order valence-electron chi connectivity index (χ3n) is 0.670. The molecule has 0 aliphatic carbocycles. The van der Waals surface area contributed by atoms with E-state index in [1.807, 2.05) is 13.8 Å². The molecule has 0 fully saturated rings. The lowest BCUT2D eigenvalue weighted by Crippen LogP contribution is -2.14. The predicted molar refractivity (Wildman–Crippen MR) is 33.1 cm³/mol. The van der Waals surface area contributed by atoms with Gasteiger partial charge in [0.2, 0.25) is 0 Å². The summed E-state index contributed by atoms with van der Waals surface area (Å²) in [6.07, 6.45) is 0.944. The lowest BCUT2D eigenvalue weighted by atomic mass is 10.1. The highest BCUT2D eigenvalue weighted by Gasteiger charge is 1.90. The van der Waals surface area contributed by atoms with E-state index in [0.717, 1.165) is 12.0 Å². The number of hydrogen-bond donors (Lipinski definition) is 1. The van der Waals surface area contributed by atoms with Crippen molar-refractivity contribution in [3.05, 3.63) is 12.2 Å². The Labute approximate surface area is 45.2 Å². The van der Waals surface area contributed by atoms with Gasteiger partial charge in [-0.1, -0.05) is 5.57 Å². The minimum atomic E-state index is 0.275. The molecule has 7 heavy (non-hydrogen) atoms. The van der Waals surface area contributed by atoms with Crippen LogP contribution in [0.1, 0.15) is 20.3 Å². The first-order valence-corrected chi connectivity index (χ1v) is 2.53. The van der Waals surface area contributed by atoms with E-state index in [4.69, 9.17) is 5.73 Å². The Morgan fingerprint density at radius 2 is 2.29 bits per heavy atom. The maximum atomic E-state index is 5.43. The third-order valence-corrected chi connectivity index (χ3v) is 0.670. The van der Waals surface area contributed by atoms with Gasteiger partial charge in [-0.05, 0) is 20.3 Å². The molecule has 0 aromatic heterocycles. The van der Waals surface area contributed by atoms with Crippen molar-refractivity contribution in [2.75, 3.05) is 0 Å². The lowest BCUT2D eigenvalue weighted by molar-refractivity contribution is 0.733. The van der Waals surface area contributed by atoms with Gasteiger partial charge in [0.05, 0.1) is 0 Å². The Kier molecular flexibility index (Phi) is 2.68. The summed E-state index contributed by atoms with van der Waals surface area (Å²) in [4.78, 5) is 0. The van der Waals surface area contributed by atoms with Gasteiger partial charge in [0, 0.05) is 6.04 Å². The first-order chi connectivity index (χ1) is 3.13. The molecular formula is C6H13N. The molecule has 0 aliphatic heterocycles. The molecule has 0 amide bonds. The molecule has 0 saturated heterocycles. The van der Waals surface area contributed by atoms with Gasteiger partial charge in [-0.25, -0.2) is 0 Å². The number of nitrogens with two attached hydrogens (primary N) is 1. The minimum absolute atomic E-state index is 0.275. The van der Waals surface area contributed by atoms with Crippen molar-refractivity contribution in [1.82, 2.24) is 0 Å². The quantitative estimate of drug-likeness (QED) is 0.519. The summed E-state index contributed by atoms with van der Waals surface area (Å²) in [6, 6.07) is 0.275. The van der Waals surface area contributed by atoms with Gasteiger partial charge in [-0.15, -0.1) is 6.58 Å². The van der Waals surface area contributed by atoms with Crippen LogP contribution in [0.4, 0.5) is 0 Å². The second-order valence-corrected chi connectivity index (χ2v) is 2.14. The molecule has 0 aliphatic rings. The lowest BCUT2D eigenvalue weighted by Gasteiger charge is -2.00. The first-order valence-electron chi connectivity index (χ1n) is 2.53. The van der Waals surface area contributed by atoms with Crippen LogP contribution < -0.4 is 5.73 Å². The smallest absolute Gasteiger partial charge is 0.00474 e. The SMILES string of the molecule is C=C(C)C[C@@H](C)N. The Hall–Kier alpha value is -0.300. The molecule has 42 valence electrons. The van der Waals surface area contributed by atoms with Crippen molar-refractivity contribution in [2.45, 2.75) is 26.3 Å². The molecule has 0 heterocycles. The normalized spacial score (nSPS) is 13.6. The van der Waals surface area contributed by atoms with E-state index in [9.17, 15) is 0 Å². The van der Waals surface area contributed by atoms with E-state index >= 15 is 0 Å². The number of hydrogen-bond acceptors (Lipinski definition) is 1. The largest absolute Gasteiger partial charge is 0.328 e. The van der Waals surface area contributed by atoms with Crippen LogP contribution in [-0.2, 0) is 0 Å². The molecule has 0 radical (unpaired) electrons. The Bertz CT molecular complexity index is 64.6. The summed E-state index contributed by atoms with van der Waals surface area (Å²) < 4.78 is 0. The van der Waals surface area contributed by atoms with Crippen molar-refractivity contribution < 1.29 is 0 Å². The highest BCUT2D eigenvalue weighted by atomic mass is 14.6. The molecule has 0 bridgehead atoms. The zero-order chi connectivity index (χ0) is 5.86. The molecule has 2 N–H and O–H groups in total. The average Bonchev–Trinajstić information content (AvgIpc) is 1.27. The maximum Gasteiger partial charge on any atom is 0.00474 e. The zero-order valence-corrected chi connectivity index (χ0v) is 5.07. The van der Waals surface area contributed by atoms with Crippen LogP contribution in [-0.4, -0.2) is 6.04 Å². The molecular weight excluding hydrogens is 86.1 g/mol. The summed E-state index contributed by atoms with van der Waals surface area (Å²) >= 11 is 0. The van der Waals surface area contributed by atoms with Crippen LogP contribution in [0.15, 0.2) is 12.2 Å². The van der Waals surface area contributed by atoms with Gasteiger partial charge in [-0.2, -0.15) is 0 Å². The minimum Gasteiger partial charge on any atom is -0.328 e. The second kappa shape index (κ2) is 2.80. The summed E-state index contributed by atoms with van der Waals surface area (Å²) in [5, 5.41) is 0. The molecule has 1 nitrogen and oxygen atoms in total. The van der Waals surface area contributed by atoms with Crippen LogP contribution in [0.5, 0.6) is 0 Å². The standard InChI is InChI=1S/C6H13N/c1-5(2)4-6(3)7/h6H,1,4,7H2,2-3H3/t6-/m1/s1. The zero-order valence-electron chi connectivity index (χ0n) is 5.07. The highest BCUT2D eigenvalue weighted by molar-refractivity contribution is 4.90. The average molecular weight is 99.2 g/mol. The van der Waals surface area contributed by atoms with Crippen LogP contribution in [0.3, 0.4) is 0 Å². The topological polar surface area (TPSA) is 26.0 Å². The molecule has 0 aromatic carbocycles. The van der Waals surface area contributed by atoms with E-state index < -0.39 is 0 Å². The highest BCUT2D eigenvalue weighted by Crippen LogP contribution is 1.96. The number of rotatable bonds is 2. The molecule has 0 unspecified atom stereocenters. The van der Waals surface area contributed by atoms with E-state index in [1.54, 1.807) is 0 Å². The summed E-state index contributed by atoms with van der Waals surface area (Å²) in [7, 11) is 0. The molecule has 0 spiro atoms. The Balaban J connectivity index is 3.13. The van der Waals surface area contributed by atoms with E-state index in [-0.39, 0.29) is 6.04 Å². The third kappa shape index (κ3) is 5.70. The fourth-order valence-corrected chi connectivity index (χ4v) is 0.550. The molecule has 1 heteroatoms. The van der Waals surface area contributed by atoms with E-state index in [0.29, 0.717) is 0 Å².